The zero-order valence-corrected chi connectivity index (χ0v) is 13.1. The van der Waals surface area contributed by atoms with Gasteiger partial charge in [-0.2, -0.15) is 4.31 Å². The molecule has 0 unspecified atom stereocenters. The molecule has 0 radical (unpaired) electrons. The molecule has 1 N–H and O–H groups in total. The average Bonchev–Trinajstić information content (AvgIpc) is 3.07. The highest BCUT2D eigenvalue weighted by atomic mass is 32.2. The van der Waals surface area contributed by atoms with Gasteiger partial charge in [-0.05, 0) is 30.6 Å². The molecule has 0 aliphatic heterocycles. The molecule has 2 heterocycles. The lowest BCUT2D eigenvalue weighted by Crippen LogP contribution is -2.30. The van der Waals surface area contributed by atoms with Gasteiger partial charge in [0.15, 0.2) is 0 Å². The summed E-state index contributed by atoms with van der Waals surface area (Å²) in [5, 5.41) is 4.80. The molecule has 110 valence electrons. The van der Waals surface area contributed by atoms with Gasteiger partial charge in [0.2, 0.25) is 10.0 Å². The Kier molecular flexibility index (Phi) is 4.98. The van der Waals surface area contributed by atoms with E-state index in [1.54, 1.807) is 36.9 Å². The smallest absolute Gasteiger partial charge is 0.244 e. The topological polar surface area (TPSA) is 62.6 Å². The molecule has 5 nitrogen and oxygen atoms in total. The second kappa shape index (κ2) is 6.53. The molecule has 0 aromatic carbocycles. The van der Waals surface area contributed by atoms with Crippen molar-refractivity contribution in [3.8, 4) is 0 Å². The fraction of sp³-hybridized carbons (Fsp3) is 0.385. The molecule has 2 aromatic heterocycles. The van der Waals surface area contributed by atoms with Gasteiger partial charge in [0.1, 0.15) is 5.76 Å². The lowest BCUT2D eigenvalue weighted by atomic mass is 10.4. The molecule has 2 aromatic rings. The van der Waals surface area contributed by atoms with Crippen molar-refractivity contribution in [1.29, 1.82) is 0 Å². The van der Waals surface area contributed by atoms with E-state index < -0.39 is 10.0 Å². The maximum atomic E-state index is 12.7. The summed E-state index contributed by atoms with van der Waals surface area (Å²) in [5.74, 6) is 0.640. The van der Waals surface area contributed by atoms with Gasteiger partial charge in [0.25, 0.3) is 0 Å². The van der Waals surface area contributed by atoms with Crippen molar-refractivity contribution in [3.63, 3.8) is 0 Å². The quantitative estimate of drug-likeness (QED) is 0.851. The zero-order valence-electron chi connectivity index (χ0n) is 11.5. The average molecular weight is 314 g/mol. The number of rotatable bonds is 7. The maximum Gasteiger partial charge on any atom is 0.244 e. The molecule has 0 fully saturated rings. The second-order valence-electron chi connectivity index (χ2n) is 4.25. The summed E-state index contributed by atoms with van der Waals surface area (Å²) in [6.07, 6.45) is 1.55. The van der Waals surface area contributed by atoms with E-state index in [0.29, 0.717) is 23.7 Å². The second-order valence-corrected chi connectivity index (χ2v) is 7.16. The van der Waals surface area contributed by atoms with Gasteiger partial charge in [-0.3, -0.25) is 0 Å². The van der Waals surface area contributed by atoms with Crippen LogP contribution in [-0.2, 0) is 23.1 Å². The van der Waals surface area contributed by atoms with E-state index in [1.807, 2.05) is 6.92 Å². The lowest BCUT2D eigenvalue weighted by molar-refractivity contribution is 0.375. The molecule has 0 aliphatic carbocycles. The summed E-state index contributed by atoms with van der Waals surface area (Å²) in [4.78, 5) is 1.20. The molecule has 0 spiro atoms. The minimum absolute atomic E-state index is 0.251. The normalized spacial score (nSPS) is 12.2. The Bertz CT molecular complexity index is 632. The van der Waals surface area contributed by atoms with Crippen molar-refractivity contribution in [2.45, 2.75) is 24.9 Å². The number of hydrogen-bond donors (Lipinski definition) is 1. The van der Waals surface area contributed by atoms with Gasteiger partial charge in [0, 0.05) is 18.0 Å². The molecule has 0 aliphatic rings. The van der Waals surface area contributed by atoms with Crippen LogP contribution in [0.15, 0.2) is 39.2 Å². The van der Waals surface area contributed by atoms with E-state index in [-0.39, 0.29) is 6.54 Å². The van der Waals surface area contributed by atoms with Crippen LogP contribution in [0, 0.1) is 0 Å². The third-order valence-corrected chi connectivity index (χ3v) is 5.98. The minimum atomic E-state index is -3.49. The number of hydrogen-bond acceptors (Lipinski definition) is 5. The summed E-state index contributed by atoms with van der Waals surface area (Å²) in [5.41, 5.74) is 0. The van der Waals surface area contributed by atoms with Crippen LogP contribution in [0.1, 0.15) is 17.6 Å². The van der Waals surface area contributed by atoms with Gasteiger partial charge in [-0.1, -0.05) is 6.92 Å². The van der Waals surface area contributed by atoms with Gasteiger partial charge in [-0.15, -0.1) is 11.3 Å². The molecule has 0 saturated heterocycles. The van der Waals surface area contributed by atoms with Crippen LogP contribution in [0.3, 0.4) is 0 Å². The molecule has 0 amide bonds. The van der Waals surface area contributed by atoms with Crippen LogP contribution < -0.4 is 5.32 Å². The molecule has 0 atom stereocenters. The van der Waals surface area contributed by atoms with Crippen molar-refractivity contribution in [3.05, 3.63) is 40.5 Å². The molecule has 20 heavy (non-hydrogen) atoms. The zero-order chi connectivity index (χ0) is 14.6. The van der Waals surface area contributed by atoms with Gasteiger partial charge in [0.05, 0.1) is 17.7 Å². The summed E-state index contributed by atoms with van der Waals surface area (Å²) in [6.45, 7) is 3.02. The SMILES string of the molecule is CCN(Cc1ccco1)S(=O)(=O)c1ccsc1CNC. The molecule has 2 rings (SSSR count). The van der Waals surface area contributed by atoms with Crippen LogP contribution in [0.5, 0.6) is 0 Å². The molecule has 0 saturated carbocycles. The van der Waals surface area contributed by atoms with Crippen molar-refractivity contribution >= 4 is 21.4 Å². The fourth-order valence-electron chi connectivity index (χ4n) is 1.93. The Balaban J connectivity index is 2.29. The van der Waals surface area contributed by atoms with E-state index in [0.717, 1.165) is 4.88 Å². The lowest BCUT2D eigenvalue weighted by Gasteiger charge is -2.19. The highest BCUT2D eigenvalue weighted by Crippen LogP contribution is 2.26. The largest absolute Gasteiger partial charge is 0.468 e. The first kappa shape index (κ1) is 15.2. The van der Waals surface area contributed by atoms with E-state index in [2.05, 4.69) is 5.32 Å². The number of furan rings is 1. The molecule has 7 heteroatoms. The number of nitrogens with one attached hydrogen (secondary N) is 1. The van der Waals surface area contributed by atoms with E-state index in [9.17, 15) is 8.42 Å². The Labute approximate surface area is 123 Å². The van der Waals surface area contributed by atoms with Crippen LogP contribution in [0.25, 0.3) is 0 Å². The predicted octanol–water partition coefficient (Wildman–Crippen LogP) is 2.27. The van der Waals surface area contributed by atoms with Crippen LogP contribution in [0.4, 0.5) is 0 Å². The van der Waals surface area contributed by atoms with Crippen molar-refractivity contribution < 1.29 is 12.8 Å². The van der Waals surface area contributed by atoms with Crippen molar-refractivity contribution in [2.24, 2.45) is 0 Å². The van der Waals surface area contributed by atoms with Gasteiger partial charge >= 0.3 is 0 Å². The van der Waals surface area contributed by atoms with E-state index in [1.165, 1.54) is 15.6 Å². The van der Waals surface area contributed by atoms with Gasteiger partial charge in [-0.25, -0.2) is 8.42 Å². The van der Waals surface area contributed by atoms with Crippen LogP contribution in [0.2, 0.25) is 0 Å². The number of thiophene rings is 1. The van der Waals surface area contributed by atoms with E-state index >= 15 is 0 Å². The Morgan fingerprint density at radius 1 is 1.40 bits per heavy atom. The first-order chi connectivity index (χ1) is 9.59. The van der Waals surface area contributed by atoms with Crippen molar-refractivity contribution in [1.82, 2.24) is 9.62 Å². The monoisotopic (exact) mass is 314 g/mol. The Morgan fingerprint density at radius 3 is 2.80 bits per heavy atom. The predicted molar refractivity (Wildman–Crippen MR) is 79.1 cm³/mol. The van der Waals surface area contributed by atoms with E-state index in [4.69, 9.17) is 4.42 Å². The maximum absolute atomic E-state index is 12.7. The highest BCUT2D eigenvalue weighted by Gasteiger charge is 2.27. The minimum Gasteiger partial charge on any atom is -0.468 e. The standard InChI is InChI=1S/C13H18N2O3S2/c1-3-15(10-11-5-4-7-18-11)20(16,17)13-6-8-19-12(13)9-14-2/h4-8,14H,3,9-10H2,1-2H3. The van der Waals surface area contributed by atoms with Gasteiger partial charge < -0.3 is 9.73 Å². The summed E-state index contributed by atoms with van der Waals surface area (Å²) >= 11 is 1.45. The summed E-state index contributed by atoms with van der Waals surface area (Å²) < 4.78 is 32.1. The number of sulfonamides is 1. The number of nitrogens with zero attached hydrogens (tertiary/aromatic N) is 1. The third kappa shape index (κ3) is 3.12. The highest BCUT2D eigenvalue weighted by molar-refractivity contribution is 7.89. The first-order valence-corrected chi connectivity index (χ1v) is 8.65. The summed E-state index contributed by atoms with van der Waals surface area (Å²) in [6, 6.07) is 5.20. The Morgan fingerprint density at radius 2 is 2.20 bits per heavy atom. The fourth-order valence-corrected chi connectivity index (χ4v) is 4.77. The Hall–Kier alpha value is -1.15. The van der Waals surface area contributed by atoms with Crippen molar-refractivity contribution in [2.75, 3.05) is 13.6 Å². The molecular formula is C13H18N2O3S2. The van der Waals surface area contributed by atoms with Crippen LogP contribution in [-0.4, -0.2) is 26.3 Å². The van der Waals surface area contributed by atoms with Crippen LogP contribution >= 0.6 is 11.3 Å². The molecule has 0 bridgehead atoms. The summed E-state index contributed by atoms with van der Waals surface area (Å²) in [7, 11) is -1.69. The third-order valence-electron chi connectivity index (χ3n) is 2.92. The molecular weight excluding hydrogens is 296 g/mol. The first-order valence-electron chi connectivity index (χ1n) is 6.33.